The first-order chi connectivity index (χ1) is 29.8. The van der Waals surface area contributed by atoms with Gasteiger partial charge < -0.3 is 19.3 Å². The minimum atomic E-state index is -1.04. The third-order valence-corrected chi connectivity index (χ3v) is 11.1. The molecule has 1 aliphatic heterocycles. The van der Waals surface area contributed by atoms with Gasteiger partial charge in [-0.1, -0.05) is 129 Å². The molecule has 0 atom stereocenters. The fraction of sp³-hybridized carbons (Fsp3) is 0.218. The summed E-state index contributed by atoms with van der Waals surface area (Å²) in [5.74, 6) is -0.111. The average Bonchev–Trinajstić information content (AvgIpc) is 3.25. The quantitative estimate of drug-likeness (QED) is 0.0745. The Balaban J connectivity index is 0.000000229. The van der Waals surface area contributed by atoms with Crippen LogP contribution in [0.5, 0.6) is 23.0 Å². The molecule has 0 saturated carbocycles. The molecule has 62 heavy (non-hydrogen) atoms. The Morgan fingerprint density at radius 1 is 0.548 bits per heavy atom. The number of ether oxygens (including phenoxy) is 3. The summed E-state index contributed by atoms with van der Waals surface area (Å²) in [5.41, 5.74) is 10.3. The molecule has 0 unspecified atom stereocenters. The third kappa shape index (κ3) is 10.3. The Morgan fingerprint density at radius 3 is 1.39 bits per heavy atom. The topological polar surface area (TPSA) is 99.1 Å². The van der Waals surface area contributed by atoms with Crippen molar-refractivity contribution < 1.29 is 33.7 Å². The largest absolute Gasteiger partial charge is 0.478 e. The molecule has 0 aliphatic carbocycles. The zero-order valence-electron chi connectivity index (χ0n) is 36.6. The van der Waals surface area contributed by atoms with Crippen LogP contribution < -0.4 is 14.2 Å². The van der Waals surface area contributed by atoms with E-state index in [1.165, 1.54) is 33.4 Å². The van der Waals surface area contributed by atoms with Gasteiger partial charge in [-0.3, -0.25) is 9.59 Å². The summed E-state index contributed by atoms with van der Waals surface area (Å²) < 4.78 is 17.6. The number of carbonyl (C=O) groups is 3. The average molecular weight is 827 g/mol. The highest BCUT2D eigenvalue weighted by Crippen LogP contribution is 2.54. The molecule has 316 valence electrons. The van der Waals surface area contributed by atoms with Gasteiger partial charge in [0.1, 0.15) is 23.0 Å². The highest BCUT2D eigenvalue weighted by atomic mass is 16.5. The van der Waals surface area contributed by atoms with Crippen LogP contribution >= 0.6 is 0 Å². The van der Waals surface area contributed by atoms with Gasteiger partial charge in [0, 0.05) is 36.1 Å². The Labute approximate surface area is 365 Å². The van der Waals surface area contributed by atoms with Crippen LogP contribution in [0, 0.1) is 27.7 Å². The maximum absolute atomic E-state index is 12.3. The lowest BCUT2D eigenvalue weighted by Crippen LogP contribution is -2.32. The summed E-state index contributed by atoms with van der Waals surface area (Å²) >= 11 is 0. The summed E-state index contributed by atoms with van der Waals surface area (Å²) in [5, 5.41) is 10.1. The van der Waals surface area contributed by atoms with Gasteiger partial charge in [0.2, 0.25) is 0 Å². The summed E-state index contributed by atoms with van der Waals surface area (Å²) in [6, 6.07) is 39.5. The molecule has 0 radical (unpaired) electrons. The molecule has 1 heterocycles. The van der Waals surface area contributed by atoms with Crippen LogP contribution in [0.1, 0.15) is 118 Å². The molecule has 0 fully saturated rings. The number of aromatic carboxylic acids is 1. The zero-order chi connectivity index (χ0) is 44.4. The van der Waals surface area contributed by atoms with Crippen molar-refractivity contribution in [3.63, 3.8) is 0 Å². The standard InChI is InChI=1S/C31H32O7.C24H22/c1-6-10-28(32)37-24-16-26-22(14-18(24)3)31(5,21-13-9-8-12-20(21)30(34)35)23-15-19(4)25(17-27(23)36-26)38-29(33)11-7-2;1-19-7-3-5-9-23(19)17-15-21-11-13-22(14-12-21)16-18-24-10-6-4-8-20(24)2/h8-9,12-17H,6-7,10-11H2,1-5H3,(H,34,35);3-18H,1-2H3. The first kappa shape index (κ1) is 44.6. The number of carboxylic acid groups (broad SMARTS) is 1. The number of hydrogen-bond donors (Lipinski definition) is 1. The smallest absolute Gasteiger partial charge is 0.336 e. The predicted octanol–water partition coefficient (Wildman–Crippen LogP) is 13.5. The first-order valence-corrected chi connectivity index (χ1v) is 21.1. The number of carboxylic acids is 1. The molecule has 7 heteroatoms. The zero-order valence-corrected chi connectivity index (χ0v) is 36.6. The third-order valence-electron chi connectivity index (χ3n) is 11.1. The lowest BCUT2D eigenvalue weighted by atomic mass is 9.67. The van der Waals surface area contributed by atoms with Crippen molar-refractivity contribution in [3.8, 4) is 23.0 Å². The van der Waals surface area contributed by atoms with E-state index in [1.54, 1.807) is 30.3 Å². The molecule has 0 amide bonds. The maximum Gasteiger partial charge on any atom is 0.336 e. The summed E-state index contributed by atoms with van der Waals surface area (Å²) in [6.07, 6.45) is 10.6. The molecule has 7 rings (SSSR count). The Morgan fingerprint density at radius 2 is 0.968 bits per heavy atom. The van der Waals surface area contributed by atoms with Crippen molar-refractivity contribution in [1.82, 2.24) is 0 Å². The van der Waals surface area contributed by atoms with Gasteiger partial charge in [-0.25, -0.2) is 4.79 Å². The molecule has 7 nitrogen and oxygen atoms in total. The molecule has 0 spiro atoms. The van der Waals surface area contributed by atoms with Gasteiger partial charge in [-0.05, 0) is 116 Å². The molecular formula is C55H54O7. The first-order valence-electron chi connectivity index (χ1n) is 21.1. The molecule has 0 aromatic heterocycles. The number of fused-ring (bicyclic) bond motifs is 2. The number of aryl methyl sites for hydroxylation is 4. The van der Waals surface area contributed by atoms with Crippen LogP contribution in [0.25, 0.3) is 24.3 Å². The van der Waals surface area contributed by atoms with E-state index in [-0.39, 0.29) is 30.3 Å². The van der Waals surface area contributed by atoms with Crippen LogP contribution in [0.3, 0.4) is 0 Å². The molecule has 0 saturated heterocycles. The van der Waals surface area contributed by atoms with Gasteiger partial charge in [-0.15, -0.1) is 0 Å². The van der Waals surface area contributed by atoms with E-state index in [0.717, 1.165) is 22.3 Å². The number of benzene rings is 6. The lowest BCUT2D eigenvalue weighted by molar-refractivity contribution is -0.135. The normalized spacial score (nSPS) is 12.4. The maximum atomic E-state index is 12.3. The van der Waals surface area contributed by atoms with Crippen molar-refractivity contribution in [3.05, 3.63) is 188 Å². The molecule has 1 N–H and O–H groups in total. The monoisotopic (exact) mass is 826 g/mol. The lowest BCUT2D eigenvalue weighted by Gasteiger charge is -2.39. The Kier molecular flexibility index (Phi) is 14.4. The molecule has 0 bridgehead atoms. The molecular weight excluding hydrogens is 773 g/mol. The molecule has 6 aromatic rings. The number of esters is 2. The Bertz CT molecular complexity index is 2500. The van der Waals surface area contributed by atoms with Crippen molar-refractivity contribution >= 4 is 42.2 Å². The van der Waals surface area contributed by atoms with Crippen LogP contribution in [0.2, 0.25) is 0 Å². The van der Waals surface area contributed by atoms with Gasteiger partial charge in [-0.2, -0.15) is 0 Å². The van der Waals surface area contributed by atoms with E-state index in [9.17, 15) is 19.5 Å². The second kappa shape index (κ2) is 20.0. The van der Waals surface area contributed by atoms with E-state index < -0.39 is 11.4 Å². The second-order valence-electron chi connectivity index (χ2n) is 15.8. The SMILES string of the molecule is CCCC(=O)Oc1cc2c(cc1C)C(C)(c1ccccc1C(=O)O)c1cc(C)c(OC(=O)CCC)cc1O2.Cc1ccccc1C=Cc1ccc(C=Cc2ccccc2C)cc1. The van der Waals surface area contributed by atoms with Crippen molar-refractivity contribution in [2.24, 2.45) is 0 Å². The van der Waals surface area contributed by atoms with Gasteiger partial charge in [0.05, 0.1) is 11.0 Å². The van der Waals surface area contributed by atoms with Crippen LogP contribution in [0.4, 0.5) is 0 Å². The van der Waals surface area contributed by atoms with Crippen LogP contribution in [0.15, 0.2) is 121 Å². The van der Waals surface area contributed by atoms with Gasteiger partial charge in [0.15, 0.2) is 0 Å². The molecule has 6 aromatic carbocycles. The summed E-state index contributed by atoms with van der Waals surface area (Å²) in [6.45, 7) is 13.7. The number of hydrogen-bond acceptors (Lipinski definition) is 6. The van der Waals surface area contributed by atoms with E-state index in [1.807, 2.05) is 52.8 Å². The fourth-order valence-electron chi connectivity index (χ4n) is 7.56. The molecule has 1 aliphatic rings. The van der Waals surface area contributed by atoms with Crippen molar-refractivity contribution in [2.75, 3.05) is 0 Å². The van der Waals surface area contributed by atoms with Crippen LogP contribution in [-0.2, 0) is 15.0 Å². The fourth-order valence-corrected chi connectivity index (χ4v) is 7.56. The van der Waals surface area contributed by atoms with E-state index in [4.69, 9.17) is 14.2 Å². The summed E-state index contributed by atoms with van der Waals surface area (Å²) in [7, 11) is 0. The van der Waals surface area contributed by atoms with E-state index >= 15 is 0 Å². The van der Waals surface area contributed by atoms with E-state index in [2.05, 4.69) is 111 Å². The van der Waals surface area contributed by atoms with Crippen LogP contribution in [-0.4, -0.2) is 23.0 Å². The van der Waals surface area contributed by atoms with Crippen molar-refractivity contribution in [1.29, 1.82) is 0 Å². The van der Waals surface area contributed by atoms with Crippen molar-refractivity contribution in [2.45, 2.75) is 79.6 Å². The van der Waals surface area contributed by atoms with Gasteiger partial charge >= 0.3 is 17.9 Å². The predicted molar refractivity (Wildman–Crippen MR) is 249 cm³/mol. The Hall–Kier alpha value is -6.99. The minimum Gasteiger partial charge on any atom is -0.478 e. The highest BCUT2D eigenvalue weighted by Gasteiger charge is 2.43. The second-order valence-corrected chi connectivity index (χ2v) is 15.8. The van der Waals surface area contributed by atoms with E-state index in [0.29, 0.717) is 41.4 Å². The highest BCUT2D eigenvalue weighted by molar-refractivity contribution is 5.91. The van der Waals surface area contributed by atoms with Gasteiger partial charge in [0.25, 0.3) is 0 Å². The number of carbonyl (C=O) groups excluding carboxylic acids is 2. The summed E-state index contributed by atoms with van der Waals surface area (Å²) in [4.78, 5) is 36.8. The minimum absolute atomic E-state index is 0.168. The number of rotatable bonds is 12.